The summed E-state index contributed by atoms with van der Waals surface area (Å²) in [6.45, 7) is 3.02. The highest BCUT2D eigenvalue weighted by Gasteiger charge is 2.28. The molecule has 1 N–H and O–H groups in total. The molecule has 0 fully saturated rings. The highest BCUT2D eigenvalue weighted by Crippen LogP contribution is 2.15. The van der Waals surface area contributed by atoms with Crippen molar-refractivity contribution in [2.45, 2.75) is 25.7 Å². The molecule has 0 radical (unpaired) electrons. The van der Waals surface area contributed by atoms with Crippen molar-refractivity contribution in [3.05, 3.63) is 0 Å². The third-order valence-corrected chi connectivity index (χ3v) is 1.30. The molecule has 0 aliphatic carbocycles. The maximum atomic E-state index is 11.5. The fraction of sp³-hybridized carbons (Fsp3) is 0.750. The lowest BCUT2D eigenvalue weighted by Crippen LogP contribution is -2.40. The lowest BCUT2D eigenvalue weighted by molar-refractivity contribution is -0.323. The van der Waals surface area contributed by atoms with Gasteiger partial charge in [-0.25, -0.2) is 0 Å². The number of halogens is 3. The van der Waals surface area contributed by atoms with Crippen molar-refractivity contribution in [2.75, 3.05) is 13.2 Å². The van der Waals surface area contributed by atoms with Crippen LogP contribution < -0.4 is 5.32 Å². The second-order valence-corrected chi connectivity index (χ2v) is 2.99. The number of terminal acetylenes is 1. The summed E-state index contributed by atoms with van der Waals surface area (Å²) >= 11 is 0. The van der Waals surface area contributed by atoms with Gasteiger partial charge in [0.15, 0.2) is 0 Å². The van der Waals surface area contributed by atoms with E-state index in [2.05, 4.69) is 16.0 Å². The quantitative estimate of drug-likeness (QED) is 0.542. The molecule has 0 amide bonds. The summed E-state index contributed by atoms with van der Waals surface area (Å²) in [5, 5.41) is 2.72. The van der Waals surface area contributed by atoms with Gasteiger partial charge in [0.05, 0.1) is 12.1 Å². The molecule has 0 unspecified atom stereocenters. The largest absolute Gasteiger partial charge is 0.522 e. The first kappa shape index (κ1) is 12.3. The van der Waals surface area contributed by atoms with E-state index in [4.69, 9.17) is 6.42 Å². The Bertz CT molecular complexity index is 193. The van der Waals surface area contributed by atoms with Gasteiger partial charge in [-0.3, -0.25) is 10.1 Å². The van der Waals surface area contributed by atoms with Gasteiger partial charge in [-0.2, -0.15) is 0 Å². The van der Waals surface area contributed by atoms with Crippen molar-refractivity contribution in [3.63, 3.8) is 0 Å². The van der Waals surface area contributed by atoms with Crippen LogP contribution in [-0.4, -0.2) is 25.1 Å². The van der Waals surface area contributed by atoms with Crippen molar-refractivity contribution in [2.24, 2.45) is 0 Å². The molecule has 76 valence electrons. The number of hydrogen-bond acceptors (Lipinski definition) is 2. The Morgan fingerprint density at radius 3 is 2.31 bits per heavy atom. The predicted molar refractivity (Wildman–Crippen MR) is 42.9 cm³/mol. The number of alkyl halides is 3. The minimum absolute atomic E-state index is 0.0662. The second-order valence-electron chi connectivity index (χ2n) is 2.99. The van der Waals surface area contributed by atoms with Crippen LogP contribution in [0, 0.1) is 12.3 Å². The second kappa shape index (κ2) is 4.49. The monoisotopic (exact) mass is 195 g/mol. The molecule has 0 saturated carbocycles. The Kier molecular flexibility index (Phi) is 4.24. The number of ether oxygens (including phenoxy) is 1. The molecule has 0 rings (SSSR count). The van der Waals surface area contributed by atoms with E-state index in [0.29, 0.717) is 0 Å². The Hall–Kier alpha value is -0.730. The summed E-state index contributed by atoms with van der Waals surface area (Å²) in [6, 6.07) is 0. The van der Waals surface area contributed by atoms with E-state index in [1.165, 1.54) is 0 Å². The average molecular weight is 195 g/mol. The smallest absolute Gasteiger partial charge is 0.299 e. The van der Waals surface area contributed by atoms with Crippen LogP contribution in [0.15, 0.2) is 0 Å². The van der Waals surface area contributed by atoms with Crippen LogP contribution >= 0.6 is 0 Å². The predicted octanol–water partition coefficient (Wildman–Crippen LogP) is 1.52. The summed E-state index contributed by atoms with van der Waals surface area (Å²) in [7, 11) is 0. The first-order chi connectivity index (χ1) is 5.77. The normalized spacial score (nSPS) is 12.6. The van der Waals surface area contributed by atoms with Crippen LogP contribution in [0.4, 0.5) is 13.2 Å². The van der Waals surface area contributed by atoms with Crippen LogP contribution in [0.1, 0.15) is 13.8 Å². The van der Waals surface area contributed by atoms with E-state index in [9.17, 15) is 13.2 Å². The van der Waals surface area contributed by atoms with Crippen molar-refractivity contribution < 1.29 is 17.9 Å². The summed E-state index contributed by atoms with van der Waals surface area (Å²) in [4.78, 5) is 0. The lowest BCUT2D eigenvalue weighted by Gasteiger charge is -2.19. The molecule has 0 aliphatic heterocycles. The maximum Gasteiger partial charge on any atom is 0.522 e. The highest BCUT2D eigenvalue weighted by atomic mass is 19.4. The Balaban J connectivity index is 3.54. The summed E-state index contributed by atoms with van der Waals surface area (Å²) in [5.74, 6) is 2.39. The Morgan fingerprint density at radius 2 is 1.92 bits per heavy atom. The fourth-order valence-corrected chi connectivity index (χ4v) is 0.581. The van der Waals surface area contributed by atoms with E-state index in [0.717, 1.165) is 0 Å². The molecular formula is C8H12F3NO. The standard InChI is InChI=1S/C8H12F3NO/c1-4-7(2,3)12-5-6-13-8(9,10)11/h1,12H,5-6H2,2-3H3. The van der Waals surface area contributed by atoms with Gasteiger partial charge in [0.1, 0.15) is 0 Å². The molecule has 13 heavy (non-hydrogen) atoms. The van der Waals surface area contributed by atoms with E-state index in [-0.39, 0.29) is 6.54 Å². The van der Waals surface area contributed by atoms with Gasteiger partial charge in [-0.1, -0.05) is 5.92 Å². The van der Waals surface area contributed by atoms with E-state index in [1.54, 1.807) is 13.8 Å². The molecule has 0 spiro atoms. The van der Waals surface area contributed by atoms with Crippen molar-refractivity contribution in [1.82, 2.24) is 5.32 Å². The molecule has 0 saturated heterocycles. The first-order valence-electron chi connectivity index (χ1n) is 3.70. The SMILES string of the molecule is C#CC(C)(C)NCCOC(F)(F)F. The van der Waals surface area contributed by atoms with Crippen LogP contribution in [0.5, 0.6) is 0 Å². The van der Waals surface area contributed by atoms with Gasteiger partial charge in [0, 0.05) is 6.54 Å². The average Bonchev–Trinajstić information content (AvgIpc) is 1.97. The zero-order valence-corrected chi connectivity index (χ0v) is 7.53. The van der Waals surface area contributed by atoms with Crippen molar-refractivity contribution in [1.29, 1.82) is 0 Å². The van der Waals surface area contributed by atoms with Crippen LogP contribution in [0.25, 0.3) is 0 Å². The molecule has 0 bridgehead atoms. The molecule has 0 aromatic rings. The molecule has 0 aromatic heterocycles. The van der Waals surface area contributed by atoms with Gasteiger partial charge in [-0.05, 0) is 13.8 Å². The van der Waals surface area contributed by atoms with Crippen LogP contribution in [0.2, 0.25) is 0 Å². The van der Waals surface area contributed by atoms with E-state index in [1.807, 2.05) is 0 Å². The van der Waals surface area contributed by atoms with Gasteiger partial charge < -0.3 is 0 Å². The Morgan fingerprint density at radius 1 is 1.38 bits per heavy atom. The highest BCUT2D eigenvalue weighted by molar-refractivity contribution is 5.07. The number of rotatable bonds is 4. The van der Waals surface area contributed by atoms with E-state index < -0.39 is 18.5 Å². The minimum atomic E-state index is -4.57. The third-order valence-electron chi connectivity index (χ3n) is 1.30. The van der Waals surface area contributed by atoms with Gasteiger partial charge in [-0.15, -0.1) is 19.6 Å². The van der Waals surface area contributed by atoms with E-state index >= 15 is 0 Å². The Labute approximate surface area is 75.5 Å². The molecular weight excluding hydrogens is 183 g/mol. The topological polar surface area (TPSA) is 21.3 Å². The summed E-state index contributed by atoms with van der Waals surface area (Å²) in [6.07, 6.45) is 0.531. The molecule has 0 aromatic carbocycles. The fourth-order valence-electron chi connectivity index (χ4n) is 0.581. The summed E-state index contributed by atoms with van der Waals surface area (Å²) < 4.78 is 37.9. The van der Waals surface area contributed by atoms with Crippen molar-refractivity contribution in [3.8, 4) is 12.3 Å². The third kappa shape index (κ3) is 7.62. The number of nitrogens with one attached hydrogen (secondary N) is 1. The molecule has 2 nitrogen and oxygen atoms in total. The van der Waals surface area contributed by atoms with Crippen molar-refractivity contribution >= 4 is 0 Å². The zero-order chi connectivity index (χ0) is 10.5. The van der Waals surface area contributed by atoms with Gasteiger partial charge in [0.25, 0.3) is 0 Å². The molecule has 0 heterocycles. The lowest BCUT2D eigenvalue weighted by atomic mass is 10.1. The van der Waals surface area contributed by atoms with Gasteiger partial charge in [0.2, 0.25) is 0 Å². The summed E-state index contributed by atoms with van der Waals surface area (Å²) in [5.41, 5.74) is -0.602. The number of hydrogen-bond donors (Lipinski definition) is 1. The zero-order valence-electron chi connectivity index (χ0n) is 7.53. The molecule has 0 atom stereocenters. The molecule has 5 heteroatoms. The molecule has 0 aliphatic rings. The minimum Gasteiger partial charge on any atom is -0.299 e. The first-order valence-corrected chi connectivity index (χ1v) is 3.70. The van der Waals surface area contributed by atoms with Crippen LogP contribution in [-0.2, 0) is 4.74 Å². The van der Waals surface area contributed by atoms with Crippen LogP contribution in [0.3, 0.4) is 0 Å². The van der Waals surface area contributed by atoms with Gasteiger partial charge >= 0.3 is 6.36 Å². The maximum absolute atomic E-state index is 11.5.